The van der Waals surface area contributed by atoms with Gasteiger partial charge in [-0.3, -0.25) is 4.79 Å². The molecule has 2 heterocycles. The molecule has 2 aromatic rings. The van der Waals surface area contributed by atoms with E-state index in [1.807, 2.05) is 17.5 Å². The Morgan fingerprint density at radius 2 is 2.20 bits per heavy atom. The largest absolute Gasteiger partial charge is 0.370 e. The summed E-state index contributed by atoms with van der Waals surface area (Å²) in [6.45, 7) is 3.64. The molecule has 4 nitrogen and oxygen atoms in total. The Kier molecular flexibility index (Phi) is 5.55. The van der Waals surface area contributed by atoms with Crippen molar-refractivity contribution < 1.29 is 4.79 Å². The number of amides is 1. The van der Waals surface area contributed by atoms with Crippen LogP contribution in [0.15, 0.2) is 35.8 Å². The van der Waals surface area contributed by atoms with Crippen molar-refractivity contribution in [3.63, 3.8) is 0 Å². The van der Waals surface area contributed by atoms with E-state index in [2.05, 4.69) is 28.6 Å². The maximum Gasteiger partial charge on any atom is 0.252 e. The van der Waals surface area contributed by atoms with Gasteiger partial charge in [0.25, 0.3) is 5.91 Å². The first-order chi connectivity index (χ1) is 9.79. The molecule has 0 aromatic carbocycles. The Labute approximate surface area is 123 Å². The third-order valence-electron chi connectivity index (χ3n) is 2.82. The molecule has 0 spiro atoms. The second kappa shape index (κ2) is 7.65. The van der Waals surface area contributed by atoms with Gasteiger partial charge in [0.2, 0.25) is 0 Å². The number of hydrogen-bond acceptors (Lipinski definition) is 4. The zero-order valence-corrected chi connectivity index (χ0v) is 12.4. The first kappa shape index (κ1) is 14.5. The van der Waals surface area contributed by atoms with Crippen LogP contribution in [-0.2, 0) is 6.42 Å². The molecule has 20 heavy (non-hydrogen) atoms. The smallest absolute Gasteiger partial charge is 0.252 e. The summed E-state index contributed by atoms with van der Waals surface area (Å²) in [5, 5.41) is 8.13. The van der Waals surface area contributed by atoms with Crippen LogP contribution < -0.4 is 10.6 Å². The number of thiophene rings is 1. The molecule has 0 fully saturated rings. The van der Waals surface area contributed by atoms with Crippen LogP contribution in [0.2, 0.25) is 0 Å². The molecule has 2 rings (SSSR count). The lowest BCUT2D eigenvalue weighted by Gasteiger charge is -2.06. The van der Waals surface area contributed by atoms with Crippen LogP contribution in [0.3, 0.4) is 0 Å². The monoisotopic (exact) mass is 289 g/mol. The second-order valence-corrected chi connectivity index (χ2v) is 5.48. The van der Waals surface area contributed by atoms with Gasteiger partial charge in [0.15, 0.2) is 0 Å². The van der Waals surface area contributed by atoms with Crippen molar-refractivity contribution in [2.24, 2.45) is 0 Å². The van der Waals surface area contributed by atoms with Crippen LogP contribution in [0.1, 0.15) is 28.6 Å². The molecule has 0 atom stereocenters. The minimum atomic E-state index is -0.0731. The normalized spacial score (nSPS) is 10.2. The molecule has 2 N–H and O–H groups in total. The number of aromatic nitrogens is 1. The molecule has 0 aliphatic rings. The molecule has 0 aliphatic carbocycles. The topological polar surface area (TPSA) is 54.0 Å². The van der Waals surface area contributed by atoms with Crippen molar-refractivity contribution in [1.29, 1.82) is 0 Å². The van der Waals surface area contributed by atoms with E-state index >= 15 is 0 Å². The van der Waals surface area contributed by atoms with Crippen molar-refractivity contribution in [2.45, 2.75) is 19.8 Å². The highest BCUT2D eigenvalue weighted by Gasteiger charge is 2.05. The fourth-order valence-corrected chi connectivity index (χ4v) is 2.45. The van der Waals surface area contributed by atoms with Crippen LogP contribution in [0.4, 0.5) is 5.82 Å². The quantitative estimate of drug-likeness (QED) is 0.824. The van der Waals surface area contributed by atoms with Crippen molar-refractivity contribution in [3.05, 3.63) is 46.3 Å². The number of carbonyl (C=O) groups is 1. The van der Waals surface area contributed by atoms with Gasteiger partial charge >= 0.3 is 0 Å². The molecule has 106 valence electrons. The summed E-state index contributed by atoms with van der Waals surface area (Å²) in [5.41, 5.74) is 0.596. The number of hydrogen-bond donors (Lipinski definition) is 2. The number of carbonyl (C=O) groups excluding carboxylic acids is 1. The number of anilines is 1. The Hall–Kier alpha value is -1.88. The summed E-state index contributed by atoms with van der Waals surface area (Å²) >= 11 is 1.71. The van der Waals surface area contributed by atoms with Crippen molar-refractivity contribution in [1.82, 2.24) is 10.3 Å². The van der Waals surface area contributed by atoms with E-state index in [9.17, 15) is 4.79 Å². The first-order valence-corrected chi connectivity index (χ1v) is 7.68. The zero-order chi connectivity index (χ0) is 14.2. The lowest BCUT2D eigenvalue weighted by molar-refractivity contribution is 0.0954. The molecule has 0 saturated heterocycles. The van der Waals surface area contributed by atoms with E-state index in [4.69, 9.17) is 0 Å². The van der Waals surface area contributed by atoms with Gasteiger partial charge in [-0.05, 0) is 36.4 Å². The summed E-state index contributed by atoms with van der Waals surface area (Å²) in [5.74, 6) is 0.734. The highest BCUT2D eigenvalue weighted by molar-refractivity contribution is 7.09. The predicted octanol–water partition coefficient (Wildman–Crippen LogP) is 2.94. The van der Waals surface area contributed by atoms with Gasteiger partial charge in [0, 0.05) is 24.2 Å². The van der Waals surface area contributed by atoms with Gasteiger partial charge in [0.1, 0.15) is 5.82 Å². The lowest BCUT2D eigenvalue weighted by Crippen LogP contribution is -2.25. The second-order valence-electron chi connectivity index (χ2n) is 4.44. The van der Waals surface area contributed by atoms with Gasteiger partial charge in [-0.25, -0.2) is 4.98 Å². The average Bonchev–Trinajstić information content (AvgIpc) is 2.99. The number of nitrogens with one attached hydrogen (secondary N) is 2. The minimum Gasteiger partial charge on any atom is -0.370 e. The van der Waals surface area contributed by atoms with E-state index in [1.165, 1.54) is 4.88 Å². The maximum absolute atomic E-state index is 11.9. The molecule has 2 aromatic heterocycles. The summed E-state index contributed by atoms with van der Waals surface area (Å²) in [6, 6.07) is 7.73. The fraction of sp³-hybridized carbons (Fsp3) is 0.333. The highest BCUT2D eigenvalue weighted by atomic mass is 32.1. The van der Waals surface area contributed by atoms with Gasteiger partial charge in [-0.15, -0.1) is 11.3 Å². The van der Waals surface area contributed by atoms with Crippen molar-refractivity contribution in [2.75, 3.05) is 18.4 Å². The van der Waals surface area contributed by atoms with E-state index in [0.29, 0.717) is 12.1 Å². The molecule has 0 saturated carbocycles. The predicted molar refractivity (Wildman–Crippen MR) is 83.4 cm³/mol. The number of rotatable bonds is 7. The Morgan fingerprint density at radius 3 is 2.85 bits per heavy atom. The molecule has 0 radical (unpaired) electrons. The van der Waals surface area contributed by atoms with E-state index < -0.39 is 0 Å². The SMILES string of the molecule is CCCNc1ccc(C(=O)NCCc2cccs2)cn1. The van der Waals surface area contributed by atoms with Crippen LogP contribution in [-0.4, -0.2) is 24.0 Å². The van der Waals surface area contributed by atoms with Crippen LogP contribution in [0.5, 0.6) is 0 Å². The van der Waals surface area contributed by atoms with Gasteiger partial charge in [0.05, 0.1) is 5.56 Å². The lowest BCUT2D eigenvalue weighted by atomic mass is 10.2. The van der Waals surface area contributed by atoms with Crippen molar-refractivity contribution >= 4 is 23.1 Å². The van der Waals surface area contributed by atoms with Crippen LogP contribution in [0.25, 0.3) is 0 Å². The standard InChI is InChI=1S/C15H19N3OS/c1-2-8-16-14-6-5-12(11-18-14)15(19)17-9-7-13-4-3-10-20-13/h3-6,10-11H,2,7-9H2,1H3,(H,16,18)(H,17,19). The van der Waals surface area contributed by atoms with E-state index in [-0.39, 0.29) is 5.91 Å². The molecule has 5 heteroatoms. The average molecular weight is 289 g/mol. The highest BCUT2D eigenvalue weighted by Crippen LogP contribution is 2.09. The van der Waals surface area contributed by atoms with Gasteiger partial charge in [-0.2, -0.15) is 0 Å². The van der Waals surface area contributed by atoms with E-state index in [0.717, 1.165) is 25.2 Å². The maximum atomic E-state index is 11.9. The third-order valence-corrected chi connectivity index (χ3v) is 3.76. The summed E-state index contributed by atoms with van der Waals surface area (Å²) in [6.07, 6.45) is 3.53. The van der Waals surface area contributed by atoms with E-state index in [1.54, 1.807) is 23.6 Å². The Bertz CT molecular complexity index is 523. The zero-order valence-electron chi connectivity index (χ0n) is 11.6. The summed E-state index contributed by atoms with van der Waals surface area (Å²) in [4.78, 5) is 17.4. The molecular weight excluding hydrogens is 270 g/mol. The molecule has 1 amide bonds. The molecular formula is C15H19N3OS. The minimum absolute atomic E-state index is 0.0731. The Morgan fingerprint density at radius 1 is 1.30 bits per heavy atom. The number of nitrogens with zero attached hydrogens (tertiary/aromatic N) is 1. The fourth-order valence-electron chi connectivity index (χ4n) is 1.74. The number of pyridine rings is 1. The van der Waals surface area contributed by atoms with Crippen molar-refractivity contribution in [3.8, 4) is 0 Å². The first-order valence-electron chi connectivity index (χ1n) is 6.80. The molecule has 0 bridgehead atoms. The van der Waals surface area contributed by atoms with Crippen LogP contribution >= 0.6 is 11.3 Å². The molecule has 0 unspecified atom stereocenters. The molecule has 0 aliphatic heterocycles. The summed E-state index contributed by atoms with van der Waals surface area (Å²) in [7, 11) is 0. The Balaban J connectivity index is 1.79. The third kappa shape index (κ3) is 4.35. The van der Waals surface area contributed by atoms with Crippen LogP contribution in [0, 0.1) is 0 Å². The summed E-state index contributed by atoms with van der Waals surface area (Å²) < 4.78 is 0. The van der Waals surface area contributed by atoms with Gasteiger partial charge < -0.3 is 10.6 Å². The van der Waals surface area contributed by atoms with Gasteiger partial charge in [-0.1, -0.05) is 13.0 Å².